The van der Waals surface area contributed by atoms with Crippen molar-refractivity contribution in [3.63, 3.8) is 0 Å². The predicted molar refractivity (Wildman–Crippen MR) is 143 cm³/mol. The Bertz CT molecular complexity index is 1080. The van der Waals surface area contributed by atoms with E-state index in [-0.39, 0.29) is 23.8 Å². The van der Waals surface area contributed by atoms with Gasteiger partial charge < -0.3 is 19.3 Å². The minimum Gasteiger partial charge on any atom is -0.491 e. The number of fused-ring (bicyclic) bond motifs is 1. The fraction of sp³-hybridized carbons (Fsp3) is 0.621. The summed E-state index contributed by atoms with van der Waals surface area (Å²) in [5.41, 5.74) is 1.30. The number of aryl methyl sites for hydroxylation is 1. The molecule has 2 aliphatic rings. The second-order valence-electron chi connectivity index (χ2n) is 11.3. The van der Waals surface area contributed by atoms with Crippen LogP contribution < -0.4 is 4.74 Å². The molecule has 0 radical (unpaired) electrons. The minimum absolute atomic E-state index is 0.0340. The summed E-state index contributed by atoms with van der Waals surface area (Å²) in [5, 5.41) is 7.31. The van der Waals surface area contributed by atoms with Crippen LogP contribution in [0.5, 0.6) is 5.75 Å². The summed E-state index contributed by atoms with van der Waals surface area (Å²) < 4.78 is 12.5. The molecule has 1 N–H and O–H groups in total. The highest BCUT2D eigenvalue weighted by atomic mass is 16.5. The number of hydrogen-bond acceptors (Lipinski definition) is 5. The Morgan fingerprint density at radius 2 is 1.97 bits per heavy atom. The molecule has 2 aromatic rings. The third-order valence-corrected chi connectivity index (χ3v) is 7.40. The van der Waals surface area contributed by atoms with Crippen LogP contribution in [0.3, 0.4) is 0 Å². The molecule has 2 amide bonds. The predicted octanol–water partition coefficient (Wildman–Crippen LogP) is 4.35. The fourth-order valence-electron chi connectivity index (χ4n) is 5.12. The Labute approximate surface area is 220 Å². The smallest absolute Gasteiger partial charge is 0.274 e. The number of hydrogen-bond donors (Lipinski definition) is 1. The number of unbranched alkanes of at least 4 members (excludes halogenated alkanes) is 1. The number of morpholine rings is 1. The van der Waals surface area contributed by atoms with Crippen LogP contribution >= 0.6 is 0 Å². The first-order valence-corrected chi connectivity index (χ1v) is 13.7. The number of ether oxygens (including phenoxy) is 2. The summed E-state index contributed by atoms with van der Waals surface area (Å²) in [4.78, 5) is 31.2. The van der Waals surface area contributed by atoms with Crippen molar-refractivity contribution in [2.24, 2.45) is 0 Å². The number of H-pyrrole nitrogens is 1. The lowest BCUT2D eigenvalue weighted by Gasteiger charge is -2.44. The number of aromatic nitrogens is 2. The number of rotatable bonds is 4. The zero-order chi connectivity index (χ0) is 26.5. The topological polar surface area (TPSA) is 87.8 Å². The number of aromatic amines is 1. The van der Waals surface area contributed by atoms with Gasteiger partial charge >= 0.3 is 0 Å². The van der Waals surface area contributed by atoms with Crippen LogP contribution in [0, 0.1) is 0 Å². The molecule has 8 nitrogen and oxygen atoms in total. The van der Waals surface area contributed by atoms with Crippen molar-refractivity contribution in [1.82, 2.24) is 20.0 Å². The zero-order valence-corrected chi connectivity index (χ0v) is 22.8. The molecule has 1 unspecified atom stereocenters. The molecule has 0 bridgehead atoms. The lowest BCUT2D eigenvalue weighted by molar-refractivity contribution is -0.170. The van der Waals surface area contributed by atoms with E-state index in [2.05, 4.69) is 44.0 Å². The maximum absolute atomic E-state index is 14.1. The van der Waals surface area contributed by atoms with E-state index in [1.807, 2.05) is 29.2 Å². The molecule has 202 valence electrons. The Hall–Kier alpha value is -2.87. The van der Waals surface area contributed by atoms with Gasteiger partial charge in [-0.1, -0.05) is 52.3 Å². The molecular formula is C29H42N4O4. The van der Waals surface area contributed by atoms with Crippen molar-refractivity contribution in [2.75, 3.05) is 39.4 Å². The summed E-state index contributed by atoms with van der Waals surface area (Å²) in [6.07, 6.45) is 5.09. The van der Waals surface area contributed by atoms with E-state index in [9.17, 15) is 9.59 Å². The van der Waals surface area contributed by atoms with Gasteiger partial charge in [-0.05, 0) is 49.8 Å². The number of carbonyl (C=O) groups excluding carboxylic acids is 2. The van der Waals surface area contributed by atoms with E-state index < -0.39 is 5.60 Å². The minimum atomic E-state index is -1.05. The number of carbonyl (C=O) groups is 2. The zero-order valence-electron chi connectivity index (χ0n) is 22.8. The van der Waals surface area contributed by atoms with E-state index in [1.54, 1.807) is 4.90 Å². The normalized spacial score (nSPS) is 21.7. The lowest BCUT2D eigenvalue weighted by atomic mass is 9.90. The van der Waals surface area contributed by atoms with Gasteiger partial charge in [0.05, 0.1) is 19.7 Å². The number of amides is 2. The van der Waals surface area contributed by atoms with E-state index in [0.29, 0.717) is 45.0 Å². The van der Waals surface area contributed by atoms with Gasteiger partial charge in [0.2, 0.25) is 0 Å². The Kier molecular flexibility index (Phi) is 8.57. The standard InChI is InChI=1S/C29H42N4O4/c1-5-6-15-32-16-18-36-24-13-8-7-11-22(24)12-9-10-14-29(27(32)35)21-33(17-19-37-29)26(34)23-20-25(31-30-23)28(2,3)4/h7-8,11,13,20H,5-6,9-10,12,14-19,21H2,1-4H3,(H,30,31). The van der Waals surface area contributed by atoms with Gasteiger partial charge in [0, 0.05) is 24.2 Å². The second kappa shape index (κ2) is 11.7. The van der Waals surface area contributed by atoms with E-state index in [0.717, 1.165) is 43.5 Å². The first kappa shape index (κ1) is 27.2. The van der Waals surface area contributed by atoms with Gasteiger partial charge in [0.15, 0.2) is 5.60 Å². The van der Waals surface area contributed by atoms with Crippen LogP contribution in [0.2, 0.25) is 0 Å². The van der Waals surface area contributed by atoms with Crippen molar-refractivity contribution in [2.45, 2.75) is 77.2 Å². The van der Waals surface area contributed by atoms with Crippen LogP contribution in [0.15, 0.2) is 30.3 Å². The molecule has 1 spiro atoms. The van der Waals surface area contributed by atoms with E-state index in [1.165, 1.54) is 5.56 Å². The van der Waals surface area contributed by atoms with Crippen molar-refractivity contribution in [1.29, 1.82) is 0 Å². The summed E-state index contributed by atoms with van der Waals surface area (Å²) in [6.45, 7) is 10.9. The van der Waals surface area contributed by atoms with Crippen molar-refractivity contribution >= 4 is 11.8 Å². The lowest BCUT2D eigenvalue weighted by Crippen LogP contribution is -2.62. The Morgan fingerprint density at radius 3 is 2.73 bits per heavy atom. The van der Waals surface area contributed by atoms with Gasteiger partial charge in [0.1, 0.15) is 18.1 Å². The third-order valence-electron chi connectivity index (χ3n) is 7.40. The summed E-state index contributed by atoms with van der Waals surface area (Å²) >= 11 is 0. The van der Waals surface area contributed by atoms with Gasteiger partial charge in [0.25, 0.3) is 11.8 Å². The van der Waals surface area contributed by atoms with Crippen molar-refractivity contribution in [3.8, 4) is 5.75 Å². The molecule has 0 aliphatic carbocycles. The SMILES string of the molecule is CCCCN1CCOc2ccccc2CCCCC2(CN(C(=O)c3cc(C(C)(C)C)[nH]n3)CCO2)C1=O. The molecule has 1 atom stereocenters. The molecule has 1 aromatic carbocycles. The van der Waals surface area contributed by atoms with Gasteiger partial charge in [-0.25, -0.2) is 0 Å². The molecule has 1 saturated heterocycles. The van der Waals surface area contributed by atoms with Crippen molar-refractivity contribution < 1.29 is 19.1 Å². The molecule has 3 heterocycles. The third kappa shape index (κ3) is 6.35. The van der Waals surface area contributed by atoms with Crippen LogP contribution in [0.25, 0.3) is 0 Å². The van der Waals surface area contributed by atoms with Crippen molar-refractivity contribution in [3.05, 3.63) is 47.3 Å². The highest BCUT2D eigenvalue weighted by Crippen LogP contribution is 2.30. The maximum Gasteiger partial charge on any atom is 0.274 e. The quantitative estimate of drug-likeness (QED) is 0.661. The average molecular weight is 511 g/mol. The van der Waals surface area contributed by atoms with Crippen LogP contribution in [-0.2, 0) is 21.4 Å². The fourth-order valence-corrected chi connectivity index (χ4v) is 5.12. The largest absolute Gasteiger partial charge is 0.491 e. The second-order valence-corrected chi connectivity index (χ2v) is 11.3. The maximum atomic E-state index is 14.1. The number of para-hydroxylation sites is 1. The molecule has 0 saturated carbocycles. The summed E-state index contributed by atoms with van der Waals surface area (Å²) in [6, 6.07) is 9.99. The van der Waals surface area contributed by atoms with E-state index in [4.69, 9.17) is 9.47 Å². The van der Waals surface area contributed by atoms with Gasteiger partial charge in [-0.3, -0.25) is 14.7 Å². The highest BCUT2D eigenvalue weighted by molar-refractivity contribution is 5.94. The van der Waals surface area contributed by atoms with Crippen LogP contribution in [-0.4, -0.2) is 76.8 Å². The number of nitrogens with zero attached hydrogens (tertiary/aromatic N) is 3. The van der Waals surface area contributed by atoms with Crippen LogP contribution in [0.4, 0.5) is 0 Å². The first-order chi connectivity index (χ1) is 17.7. The van der Waals surface area contributed by atoms with Crippen LogP contribution in [0.1, 0.15) is 81.5 Å². The molecule has 8 heteroatoms. The summed E-state index contributed by atoms with van der Waals surface area (Å²) in [5.74, 6) is 0.707. The molecule has 37 heavy (non-hydrogen) atoms. The first-order valence-electron chi connectivity index (χ1n) is 13.7. The average Bonchev–Trinajstić information content (AvgIpc) is 3.39. The number of nitrogens with one attached hydrogen (secondary N) is 1. The van der Waals surface area contributed by atoms with E-state index >= 15 is 0 Å². The Morgan fingerprint density at radius 1 is 1.16 bits per heavy atom. The molecule has 1 aromatic heterocycles. The Balaban J connectivity index is 1.57. The highest BCUT2D eigenvalue weighted by Gasteiger charge is 2.47. The molecule has 1 fully saturated rings. The molecule has 4 rings (SSSR count). The molecule has 2 aliphatic heterocycles. The monoisotopic (exact) mass is 510 g/mol. The van der Waals surface area contributed by atoms with Gasteiger partial charge in [-0.15, -0.1) is 0 Å². The number of benzene rings is 1. The molecular weight excluding hydrogens is 468 g/mol. The van der Waals surface area contributed by atoms with Gasteiger partial charge in [-0.2, -0.15) is 5.10 Å². The summed E-state index contributed by atoms with van der Waals surface area (Å²) in [7, 11) is 0.